The number of rotatable bonds is 3. The van der Waals surface area contributed by atoms with Crippen LogP contribution >= 0.6 is 23.2 Å². The van der Waals surface area contributed by atoms with E-state index in [9.17, 15) is 0 Å². The predicted octanol–water partition coefficient (Wildman–Crippen LogP) is 5.47. The summed E-state index contributed by atoms with van der Waals surface area (Å²) in [7, 11) is 0. The van der Waals surface area contributed by atoms with E-state index in [2.05, 4.69) is 37.0 Å². The molecule has 0 atom stereocenters. The molecule has 1 aromatic carbocycles. The van der Waals surface area contributed by atoms with Gasteiger partial charge < -0.3 is 0 Å². The molecular weight excluding hydrogens is 277 g/mol. The van der Waals surface area contributed by atoms with Crippen molar-refractivity contribution in [1.82, 2.24) is 4.98 Å². The zero-order chi connectivity index (χ0) is 14.0. The molecule has 3 heteroatoms. The summed E-state index contributed by atoms with van der Waals surface area (Å²) in [6.07, 6.45) is 2.05. The second-order valence-electron chi connectivity index (χ2n) is 5.02. The summed E-state index contributed by atoms with van der Waals surface area (Å²) in [6.45, 7) is 6.29. The van der Waals surface area contributed by atoms with Crippen LogP contribution < -0.4 is 0 Å². The van der Waals surface area contributed by atoms with Gasteiger partial charge in [0.15, 0.2) is 0 Å². The Balaban J connectivity index is 2.59. The van der Waals surface area contributed by atoms with Gasteiger partial charge >= 0.3 is 0 Å². The molecule has 0 radical (unpaired) electrons. The average molecular weight is 294 g/mol. The number of fused-ring (bicyclic) bond motifs is 1. The van der Waals surface area contributed by atoms with Crippen LogP contribution in [0.1, 0.15) is 25.0 Å². The maximum Gasteiger partial charge on any atom is 0.137 e. The molecule has 0 aliphatic heterocycles. The fourth-order valence-electron chi connectivity index (χ4n) is 2.00. The zero-order valence-corrected chi connectivity index (χ0v) is 12.9. The van der Waals surface area contributed by atoms with Crippen molar-refractivity contribution in [2.75, 3.05) is 5.88 Å². The van der Waals surface area contributed by atoms with Gasteiger partial charge in [0.2, 0.25) is 0 Å². The fourth-order valence-corrected chi connectivity index (χ4v) is 2.58. The maximum absolute atomic E-state index is 6.28. The van der Waals surface area contributed by atoms with Gasteiger partial charge in [0.1, 0.15) is 5.15 Å². The number of allylic oxidation sites excluding steroid dienone is 1. The average Bonchev–Trinajstić information content (AvgIpc) is 2.37. The molecule has 0 saturated heterocycles. The van der Waals surface area contributed by atoms with E-state index in [0.29, 0.717) is 17.0 Å². The van der Waals surface area contributed by atoms with Gasteiger partial charge in [0, 0.05) is 16.8 Å². The molecule has 0 spiro atoms. The Morgan fingerprint density at radius 2 is 2.11 bits per heavy atom. The van der Waals surface area contributed by atoms with E-state index in [1.165, 1.54) is 0 Å². The van der Waals surface area contributed by atoms with Gasteiger partial charge in [0.25, 0.3) is 0 Å². The zero-order valence-electron chi connectivity index (χ0n) is 11.4. The van der Waals surface area contributed by atoms with Gasteiger partial charge in [-0.15, -0.1) is 11.6 Å². The number of halogens is 2. The van der Waals surface area contributed by atoms with Crippen molar-refractivity contribution in [2.45, 2.75) is 20.8 Å². The van der Waals surface area contributed by atoms with Crippen molar-refractivity contribution in [1.29, 1.82) is 0 Å². The number of hydrogen-bond acceptors (Lipinski definition) is 1. The summed E-state index contributed by atoms with van der Waals surface area (Å²) in [5.74, 6) is 0.918. The van der Waals surface area contributed by atoms with E-state index in [-0.39, 0.29) is 0 Å². The molecule has 2 aromatic rings. The lowest BCUT2D eigenvalue weighted by Gasteiger charge is -2.09. The van der Waals surface area contributed by atoms with Crippen LogP contribution in [0, 0.1) is 12.8 Å². The molecule has 0 N–H and O–H groups in total. The van der Waals surface area contributed by atoms with Crippen molar-refractivity contribution in [2.24, 2.45) is 5.92 Å². The highest BCUT2D eigenvalue weighted by atomic mass is 35.5. The summed E-state index contributed by atoms with van der Waals surface area (Å²) in [5.41, 5.74) is 4.19. The quantitative estimate of drug-likeness (QED) is 0.540. The largest absolute Gasteiger partial charge is 0.235 e. The third kappa shape index (κ3) is 3.10. The number of aryl methyl sites for hydroxylation is 1. The van der Waals surface area contributed by atoms with Crippen LogP contribution in [0.3, 0.4) is 0 Å². The number of hydrogen-bond donors (Lipinski definition) is 0. The van der Waals surface area contributed by atoms with Crippen LogP contribution in [0.5, 0.6) is 0 Å². The Kier molecular flexibility index (Phi) is 4.49. The Morgan fingerprint density at radius 1 is 1.37 bits per heavy atom. The van der Waals surface area contributed by atoms with Gasteiger partial charge in [-0.1, -0.05) is 55.3 Å². The highest BCUT2D eigenvalue weighted by Crippen LogP contribution is 2.26. The molecule has 0 bridgehead atoms. The predicted molar refractivity (Wildman–Crippen MR) is 85.0 cm³/mol. The van der Waals surface area contributed by atoms with Crippen molar-refractivity contribution in [3.8, 4) is 0 Å². The molecule has 1 heterocycles. The summed E-state index contributed by atoms with van der Waals surface area (Å²) >= 11 is 12.3. The lowest BCUT2D eigenvalue weighted by molar-refractivity contribution is 0.778. The number of para-hydroxylation sites is 1. The summed E-state index contributed by atoms with van der Waals surface area (Å²) < 4.78 is 0. The molecule has 0 fully saturated rings. The maximum atomic E-state index is 6.28. The van der Waals surface area contributed by atoms with Crippen LogP contribution in [0.25, 0.3) is 17.0 Å². The molecule has 1 aromatic heterocycles. The molecule has 100 valence electrons. The summed E-state index contributed by atoms with van der Waals surface area (Å²) in [4.78, 5) is 4.50. The van der Waals surface area contributed by atoms with E-state index >= 15 is 0 Å². The fraction of sp³-hybridized carbons (Fsp3) is 0.312. The molecule has 0 unspecified atom stereocenters. The third-order valence-electron chi connectivity index (χ3n) is 3.26. The monoisotopic (exact) mass is 293 g/mol. The van der Waals surface area contributed by atoms with Crippen LogP contribution in [-0.2, 0) is 0 Å². The molecule has 1 nitrogen and oxygen atoms in total. The topological polar surface area (TPSA) is 12.9 Å². The first-order chi connectivity index (χ1) is 9.02. The van der Waals surface area contributed by atoms with Crippen LogP contribution in [-0.4, -0.2) is 10.9 Å². The third-order valence-corrected chi connectivity index (χ3v) is 3.88. The smallest absolute Gasteiger partial charge is 0.137 e. The van der Waals surface area contributed by atoms with Gasteiger partial charge in [-0.25, -0.2) is 4.98 Å². The second-order valence-corrected chi connectivity index (χ2v) is 5.65. The van der Waals surface area contributed by atoms with Crippen molar-refractivity contribution < 1.29 is 0 Å². The standard InChI is InChI=1S/C16H17Cl2N/c1-10(2)14(9-17)8-13-7-12-6-4-5-11(3)15(12)19-16(13)18/h4-8,10H,9H2,1-3H3. The lowest BCUT2D eigenvalue weighted by atomic mass is 10.0. The lowest BCUT2D eigenvalue weighted by Crippen LogP contribution is -1.96. The highest BCUT2D eigenvalue weighted by molar-refractivity contribution is 6.31. The minimum Gasteiger partial charge on any atom is -0.235 e. The van der Waals surface area contributed by atoms with Crippen LogP contribution in [0.2, 0.25) is 5.15 Å². The minimum atomic E-state index is 0.404. The van der Waals surface area contributed by atoms with Crippen LogP contribution in [0.4, 0.5) is 0 Å². The van der Waals surface area contributed by atoms with E-state index in [1.807, 2.05) is 19.1 Å². The Bertz CT molecular complexity index is 630. The molecule has 0 amide bonds. The minimum absolute atomic E-state index is 0.404. The van der Waals surface area contributed by atoms with E-state index < -0.39 is 0 Å². The highest BCUT2D eigenvalue weighted by Gasteiger charge is 2.07. The van der Waals surface area contributed by atoms with Crippen molar-refractivity contribution >= 4 is 40.2 Å². The van der Waals surface area contributed by atoms with Crippen LogP contribution in [0.15, 0.2) is 29.8 Å². The molecule has 2 rings (SSSR count). The number of nitrogens with zero attached hydrogens (tertiary/aromatic N) is 1. The summed E-state index contributed by atoms with van der Waals surface area (Å²) in [6, 6.07) is 8.20. The van der Waals surface area contributed by atoms with Gasteiger partial charge in [-0.2, -0.15) is 0 Å². The van der Waals surface area contributed by atoms with E-state index in [1.54, 1.807) is 0 Å². The number of alkyl halides is 1. The Labute approximate surface area is 124 Å². The van der Waals surface area contributed by atoms with Crippen molar-refractivity contribution in [3.63, 3.8) is 0 Å². The first-order valence-electron chi connectivity index (χ1n) is 6.35. The number of pyridine rings is 1. The number of benzene rings is 1. The second kappa shape index (κ2) is 5.94. The first-order valence-corrected chi connectivity index (χ1v) is 7.26. The van der Waals surface area contributed by atoms with E-state index in [0.717, 1.165) is 27.6 Å². The SMILES string of the molecule is Cc1cccc2cc(C=C(CCl)C(C)C)c(Cl)nc12. The Hall–Kier alpha value is -1.05. The first kappa shape index (κ1) is 14.4. The van der Waals surface area contributed by atoms with Gasteiger partial charge in [-0.3, -0.25) is 0 Å². The number of aromatic nitrogens is 1. The van der Waals surface area contributed by atoms with Crippen molar-refractivity contribution in [3.05, 3.63) is 46.1 Å². The normalized spacial score (nSPS) is 12.4. The molecular formula is C16H17Cl2N. The molecule has 0 aliphatic carbocycles. The molecule has 0 aliphatic rings. The molecule has 0 saturated carbocycles. The van der Waals surface area contributed by atoms with Gasteiger partial charge in [0.05, 0.1) is 5.52 Å². The Morgan fingerprint density at radius 3 is 2.74 bits per heavy atom. The molecule has 19 heavy (non-hydrogen) atoms. The van der Waals surface area contributed by atoms with E-state index in [4.69, 9.17) is 23.2 Å². The summed E-state index contributed by atoms with van der Waals surface area (Å²) in [5, 5.41) is 1.64. The van der Waals surface area contributed by atoms with Gasteiger partial charge in [-0.05, 0) is 24.5 Å².